The van der Waals surface area contributed by atoms with Crippen LogP contribution in [-0.4, -0.2) is 44.2 Å². The highest BCUT2D eigenvalue weighted by Gasteiger charge is 2.29. The van der Waals surface area contributed by atoms with Crippen molar-refractivity contribution in [3.05, 3.63) is 47.5 Å². The minimum atomic E-state index is -0.545. The van der Waals surface area contributed by atoms with E-state index in [1.54, 1.807) is 24.3 Å². The van der Waals surface area contributed by atoms with Crippen LogP contribution in [0.25, 0.3) is 0 Å². The predicted molar refractivity (Wildman–Crippen MR) is 125 cm³/mol. The van der Waals surface area contributed by atoms with Gasteiger partial charge in [-0.1, -0.05) is 0 Å². The largest absolute Gasteiger partial charge is 0.493 e. The van der Waals surface area contributed by atoms with Gasteiger partial charge < -0.3 is 19.5 Å². The molecule has 2 aromatic carbocycles. The van der Waals surface area contributed by atoms with E-state index in [0.29, 0.717) is 28.5 Å². The first-order valence-corrected chi connectivity index (χ1v) is 10.4. The molecule has 3 amide bonds. The van der Waals surface area contributed by atoms with Gasteiger partial charge in [-0.25, -0.2) is 0 Å². The Hall–Kier alpha value is -3.86. The monoisotopic (exact) mass is 472 g/mol. The molecule has 11 heteroatoms. The van der Waals surface area contributed by atoms with E-state index in [9.17, 15) is 14.4 Å². The third kappa shape index (κ3) is 6.10. The Morgan fingerprint density at radius 1 is 0.848 bits per heavy atom. The average Bonchev–Trinajstić information content (AvgIpc) is 3.67. The maximum absolute atomic E-state index is 12.5. The number of ether oxygens (including phenoxy) is 3. The maximum atomic E-state index is 12.5. The lowest BCUT2D eigenvalue weighted by Crippen LogP contribution is -2.48. The highest BCUT2D eigenvalue weighted by molar-refractivity contribution is 7.80. The van der Waals surface area contributed by atoms with Crippen molar-refractivity contribution in [2.45, 2.75) is 12.8 Å². The lowest BCUT2D eigenvalue weighted by Gasteiger charge is -2.15. The van der Waals surface area contributed by atoms with E-state index in [0.717, 1.165) is 12.8 Å². The molecule has 0 aliphatic heterocycles. The summed E-state index contributed by atoms with van der Waals surface area (Å²) in [5.74, 6) is 0.0336. The van der Waals surface area contributed by atoms with Gasteiger partial charge in [0.2, 0.25) is 11.7 Å². The number of carbonyl (C=O) groups is 3. The second-order valence-electron chi connectivity index (χ2n) is 7.12. The molecule has 2 aromatic rings. The molecule has 33 heavy (non-hydrogen) atoms. The van der Waals surface area contributed by atoms with Crippen molar-refractivity contribution in [3.63, 3.8) is 0 Å². The molecule has 4 N–H and O–H groups in total. The van der Waals surface area contributed by atoms with Gasteiger partial charge in [0.1, 0.15) is 0 Å². The maximum Gasteiger partial charge on any atom is 0.269 e. The Bertz CT molecular complexity index is 1040. The predicted octanol–water partition coefficient (Wildman–Crippen LogP) is 2.01. The van der Waals surface area contributed by atoms with Gasteiger partial charge >= 0.3 is 0 Å². The quantitative estimate of drug-likeness (QED) is 0.356. The van der Waals surface area contributed by atoms with Crippen molar-refractivity contribution in [1.82, 2.24) is 16.2 Å². The fourth-order valence-electron chi connectivity index (χ4n) is 2.90. The Kier molecular flexibility index (Phi) is 7.67. The zero-order valence-corrected chi connectivity index (χ0v) is 19.1. The number of anilines is 1. The molecule has 0 bridgehead atoms. The lowest BCUT2D eigenvalue weighted by atomic mass is 10.1. The molecule has 0 atom stereocenters. The van der Waals surface area contributed by atoms with Crippen LogP contribution < -0.4 is 35.7 Å². The fourth-order valence-corrected chi connectivity index (χ4v) is 3.04. The fraction of sp³-hybridized carbons (Fsp3) is 0.273. The van der Waals surface area contributed by atoms with Crippen LogP contribution in [0, 0.1) is 5.92 Å². The molecule has 0 unspecified atom stereocenters. The number of benzene rings is 2. The number of carbonyl (C=O) groups excluding carboxylic acids is 3. The lowest BCUT2D eigenvalue weighted by molar-refractivity contribution is -0.117. The number of hydrogen-bond acceptors (Lipinski definition) is 7. The van der Waals surface area contributed by atoms with Crippen LogP contribution in [0.4, 0.5) is 5.69 Å². The standard InChI is InChI=1S/C22H24N4O6S/c1-30-16-10-14(11-17(31-2)18(16)32-3)20(28)24-22(33)26-25-21(29)13-6-8-15(9-7-13)23-19(27)12-4-5-12/h6-12H,4-5H2,1-3H3,(H,23,27)(H,25,29)(H2,24,26,28,33). The van der Waals surface area contributed by atoms with E-state index < -0.39 is 11.8 Å². The molecular weight excluding hydrogens is 448 g/mol. The zero-order chi connectivity index (χ0) is 24.0. The van der Waals surface area contributed by atoms with Crippen LogP contribution in [0.15, 0.2) is 36.4 Å². The average molecular weight is 473 g/mol. The van der Waals surface area contributed by atoms with E-state index in [1.165, 1.54) is 33.5 Å². The summed E-state index contributed by atoms with van der Waals surface area (Å²) in [5, 5.41) is 5.14. The number of rotatable bonds is 7. The summed E-state index contributed by atoms with van der Waals surface area (Å²) in [6.07, 6.45) is 1.82. The zero-order valence-electron chi connectivity index (χ0n) is 18.3. The minimum Gasteiger partial charge on any atom is -0.493 e. The van der Waals surface area contributed by atoms with Gasteiger partial charge in [-0.15, -0.1) is 0 Å². The molecule has 10 nitrogen and oxygen atoms in total. The molecule has 1 fully saturated rings. The number of hydrazine groups is 1. The Morgan fingerprint density at radius 2 is 1.45 bits per heavy atom. The van der Waals surface area contributed by atoms with Crippen LogP contribution in [0.3, 0.4) is 0 Å². The molecular formula is C22H24N4O6S. The highest BCUT2D eigenvalue weighted by Crippen LogP contribution is 2.38. The van der Waals surface area contributed by atoms with Gasteiger partial charge in [0.25, 0.3) is 11.8 Å². The van der Waals surface area contributed by atoms with E-state index in [2.05, 4.69) is 21.5 Å². The topological polar surface area (TPSA) is 127 Å². The third-order valence-electron chi connectivity index (χ3n) is 4.81. The molecule has 0 spiro atoms. The van der Waals surface area contributed by atoms with Gasteiger partial charge in [-0.05, 0) is 61.5 Å². The number of hydrogen-bond donors (Lipinski definition) is 4. The van der Waals surface area contributed by atoms with Crippen LogP contribution in [-0.2, 0) is 4.79 Å². The number of methoxy groups -OCH3 is 3. The normalized spacial score (nSPS) is 12.2. The molecule has 1 aliphatic rings. The molecule has 1 saturated carbocycles. The second kappa shape index (κ2) is 10.6. The molecule has 0 heterocycles. The van der Waals surface area contributed by atoms with Gasteiger partial charge in [-0.2, -0.15) is 0 Å². The van der Waals surface area contributed by atoms with E-state index in [-0.39, 0.29) is 22.5 Å². The summed E-state index contributed by atoms with van der Waals surface area (Å²) in [5.41, 5.74) is 6.05. The Morgan fingerprint density at radius 3 is 1.97 bits per heavy atom. The van der Waals surface area contributed by atoms with Crippen molar-refractivity contribution in [3.8, 4) is 17.2 Å². The molecule has 3 rings (SSSR count). The third-order valence-corrected chi connectivity index (χ3v) is 5.01. The molecule has 174 valence electrons. The summed E-state index contributed by atoms with van der Waals surface area (Å²) in [6, 6.07) is 9.36. The van der Waals surface area contributed by atoms with Crippen molar-refractivity contribution in [2.75, 3.05) is 26.6 Å². The number of amides is 3. The van der Waals surface area contributed by atoms with Gasteiger partial charge in [0, 0.05) is 22.7 Å². The van der Waals surface area contributed by atoms with Crippen LogP contribution in [0.5, 0.6) is 17.2 Å². The van der Waals surface area contributed by atoms with Crippen molar-refractivity contribution in [1.29, 1.82) is 0 Å². The molecule has 0 aromatic heterocycles. The number of thiocarbonyl (C=S) groups is 1. The van der Waals surface area contributed by atoms with E-state index >= 15 is 0 Å². The summed E-state index contributed by atoms with van der Waals surface area (Å²) >= 11 is 5.08. The SMILES string of the molecule is COc1cc(C(=O)NC(=S)NNC(=O)c2ccc(NC(=O)C3CC3)cc2)cc(OC)c1OC. The summed E-state index contributed by atoms with van der Waals surface area (Å²) < 4.78 is 15.7. The molecule has 0 radical (unpaired) electrons. The minimum absolute atomic E-state index is 0.0120. The first-order chi connectivity index (χ1) is 15.9. The first-order valence-electron chi connectivity index (χ1n) is 9.98. The number of nitrogens with one attached hydrogen (secondary N) is 4. The van der Waals surface area contributed by atoms with Crippen molar-refractivity contribution >= 4 is 40.7 Å². The smallest absolute Gasteiger partial charge is 0.269 e. The van der Waals surface area contributed by atoms with Crippen LogP contribution >= 0.6 is 12.2 Å². The summed E-state index contributed by atoms with van der Waals surface area (Å²) in [6.45, 7) is 0. The first kappa shape index (κ1) is 23.8. The van der Waals surface area contributed by atoms with Gasteiger partial charge in [0.05, 0.1) is 21.3 Å². The summed E-state index contributed by atoms with van der Waals surface area (Å²) in [7, 11) is 4.34. The van der Waals surface area contributed by atoms with Gasteiger partial charge in [-0.3, -0.25) is 30.6 Å². The Balaban J connectivity index is 1.53. The van der Waals surface area contributed by atoms with Crippen molar-refractivity contribution in [2.24, 2.45) is 5.92 Å². The Labute approximate surface area is 195 Å². The molecule has 0 saturated heterocycles. The van der Waals surface area contributed by atoms with E-state index in [4.69, 9.17) is 26.4 Å². The summed E-state index contributed by atoms with van der Waals surface area (Å²) in [4.78, 5) is 36.7. The van der Waals surface area contributed by atoms with Gasteiger partial charge in [0.15, 0.2) is 16.6 Å². The molecule has 1 aliphatic carbocycles. The van der Waals surface area contributed by atoms with Crippen LogP contribution in [0.2, 0.25) is 0 Å². The van der Waals surface area contributed by atoms with Crippen molar-refractivity contribution < 1.29 is 28.6 Å². The highest BCUT2D eigenvalue weighted by atomic mass is 32.1. The van der Waals surface area contributed by atoms with E-state index in [1.807, 2.05) is 0 Å². The second-order valence-corrected chi connectivity index (χ2v) is 7.53. The van der Waals surface area contributed by atoms with Crippen LogP contribution in [0.1, 0.15) is 33.6 Å².